The Morgan fingerprint density at radius 1 is 0.767 bits per heavy atom. The lowest BCUT2D eigenvalue weighted by Crippen LogP contribution is -2.53. The molecule has 0 aromatic rings. The fourth-order valence-corrected chi connectivity index (χ4v) is 5.73. The topological polar surface area (TPSA) is 38.8 Å². The smallest absolute Gasteiger partial charge is 0.225 e. The van der Waals surface area contributed by atoms with Crippen LogP contribution < -0.4 is 5.32 Å². The predicted octanol–water partition coefficient (Wildman–Crippen LogP) is 3.73. The molecule has 4 fully saturated rings. The maximum absolute atomic E-state index is 12.1. The lowest BCUT2D eigenvalue weighted by Gasteiger charge is -2.41. The first-order valence-electron chi connectivity index (χ1n) is 13.2. The Hall–Kier alpha value is -0.650. The van der Waals surface area contributed by atoms with Gasteiger partial charge in [-0.25, -0.2) is 0 Å². The van der Waals surface area contributed by atoms with Crippen LogP contribution in [0.2, 0.25) is 0 Å². The fourth-order valence-electron chi connectivity index (χ4n) is 5.73. The highest BCUT2D eigenvalue weighted by Crippen LogP contribution is 2.24. The summed E-state index contributed by atoms with van der Waals surface area (Å²) >= 11 is 0. The number of hydrogen-bond donors (Lipinski definition) is 1. The molecule has 2 aliphatic carbocycles. The van der Waals surface area contributed by atoms with Crippen molar-refractivity contribution in [1.29, 1.82) is 0 Å². The van der Waals surface area contributed by atoms with Gasteiger partial charge in [-0.15, -0.1) is 0 Å². The van der Waals surface area contributed by atoms with E-state index in [0.29, 0.717) is 5.91 Å². The second-order valence-electron chi connectivity index (χ2n) is 10.0. The summed E-state index contributed by atoms with van der Waals surface area (Å²) < 4.78 is 0. The maximum Gasteiger partial charge on any atom is 0.225 e. The summed E-state index contributed by atoms with van der Waals surface area (Å²) in [4.78, 5) is 19.5. The number of carbonyl (C=O) groups is 1. The summed E-state index contributed by atoms with van der Waals surface area (Å²) in [7, 11) is 0. The summed E-state index contributed by atoms with van der Waals surface area (Å²) in [6.07, 6.45) is 15.3. The number of nitrogens with zero attached hydrogens (tertiary/aromatic N) is 3. The molecular weight excluding hydrogens is 372 g/mol. The third kappa shape index (κ3) is 7.20. The molecule has 174 valence electrons. The Morgan fingerprint density at radius 3 is 1.70 bits per heavy atom. The summed E-state index contributed by atoms with van der Waals surface area (Å²) in [6.45, 7) is 13.2. The molecule has 4 aliphatic rings. The molecule has 0 spiro atoms. The van der Waals surface area contributed by atoms with Crippen molar-refractivity contribution in [2.24, 2.45) is 5.92 Å². The van der Waals surface area contributed by atoms with E-state index in [1.807, 2.05) is 0 Å². The van der Waals surface area contributed by atoms with Gasteiger partial charge in [-0.1, -0.05) is 52.4 Å². The van der Waals surface area contributed by atoms with Crippen molar-refractivity contribution in [3.63, 3.8) is 0 Å². The van der Waals surface area contributed by atoms with E-state index in [0.717, 1.165) is 44.7 Å². The zero-order chi connectivity index (χ0) is 21.2. The first-order valence-corrected chi connectivity index (χ1v) is 13.2. The summed E-state index contributed by atoms with van der Waals surface area (Å²) in [6, 6.07) is 1.74. The van der Waals surface area contributed by atoms with E-state index in [1.165, 1.54) is 90.4 Å². The minimum atomic E-state index is 0.200. The SMILES string of the molecule is C1CCC(N2CCNCC2)CC1.CC[C@@H](C)C(=O)N1CCN(C2CCCCC2)CC1. The highest BCUT2D eigenvalue weighted by atomic mass is 16.2. The van der Waals surface area contributed by atoms with E-state index in [2.05, 4.69) is 33.9 Å². The van der Waals surface area contributed by atoms with Crippen LogP contribution in [0.25, 0.3) is 0 Å². The second-order valence-corrected chi connectivity index (χ2v) is 10.0. The van der Waals surface area contributed by atoms with Crippen LogP contribution in [0.3, 0.4) is 0 Å². The van der Waals surface area contributed by atoms with Crippen LogP contribution in [0, 0.1) is 5.92 Å². The van der Waals surface area contributed by atoms with E-state index in [9.17, 15) is 4.79 Å². The molecule has 0 aromatic heterocycles. The Balaban J connectivity index is 0.000000184. The summed E-state index contributed by atoms with van der Waals surface area (Å²) in [5.74, 6) is 0.562. The molecule has 0 unspecified atom stereocenters. The van der Waals surface area contributed by atoms with Crippen LogP contribution in [-0.4, -0.2) is 85.0 Å². The molecule has 2 aliphatic heterocycles. The van der Waals surface area contributed by atoms with Crippen LogP contribution in [-0.2, 0) is 4.79 Å². The lowest BCUT2D eigenvalue weighted by molar-refractivity contribution is -0.137. The first kappa shape index (κ1) is 24.0. The number of nitrogens with one attached hydrogen (secondary N) is 1. The van der Waals surface area contributed by atoms with Gasteiger partial charge in [-0.05, 0) is 32.1 Å². The quantitative estimate of drug-likeness (QED) is 0.752. The molecule has 1 atom stereocenters. The van der Waals surface area contributed by atoms with Gasteiger partial charge in [0.15, 0.2) is 0 Å². The minimum Gasteiger partial charge on any atom is -0.340 e. The van der Waals surface area contributed by atoms with Gasteiger partial charge in [0.2, 0.25) is 5.91 Å². The Morgan fingerprint density at radius 2 is 1.23 bits per heavy atom. The number of hydrogen-bond acceptors (Lipinski definition) is 4. The van der Waals surface area contributed by atoms with Crippen molar-refractivity contribution >= 4 is 5.91 Å². The summed E-state index contributed by atoms with van der Waals surface area (Å²) in [5, 5.41) is 3.41. The molecule has 0 aromatic carbocycles. The highest BCUT2D eigenvalue weighted by Gasteiger charge is 2.28. The molecule has 0 radical (unpaired) electrons. The van der Waals surface area contributed by atoms with Crippen LogP contribution in [0.1, 0.15) is 84.5 Å². The second kappa shape index (κ2) is 13.0. The minimum absolute atomic E-state index is 0.200. The van der Waals surface area contributed by atoms with E-state index in [-0.39, 0.29) is 5.92 Å². The molecule has 2 saturated carbocycles. The molecule has 1 N–H and O–H groups in total. The molecule has 2 heterocycles. The number of carbonyl (C=O) groups excluding carboxylic acids is 1. The molecule has 4 rings (SSSR count). The number of amides is 1. The standard InChI is InChI=1S/C15H28N2O.C10H20N2/c1-3-13(2)15(18)17-11-9-16(10-12-17)14-7-5-4-6-8-14;1-2-4-10(5-3-1)12-8-6-11-7-9-12/h13-14H,3-12H2,1-2H3;10-11H,1-9H2/t13-;/m1./s1. The monoisotopic (exact) mass is 420 g/mol. The Bertz CT molecular complexity index is 458. The van der Waals surface area contributed by atoms with Gasteiger partial charge in [-0.2, -0.15) is 0 Å². The van der Waals surface area contributed by atoms with Crippen molar-refractivity contribution in [1.82, 2.24) is 20.0 Å². The zero-order valence-corrected chi connectivity index (χ0v) is 19.9. The van der Waals surface area contributed by atoms with Gasteiger partial charge in [0.1, 0.15) is 0 Å². The fraction of sp³-hybridized carbons (Fsp3) is 0.960. The molecule has 5 nitrogen and oxygen atoms in total. The normalized spacial score (nSPS) is 26.7. The molecule has 30 heavy (non-hydrogen) atoms. The highest BCUT2D eigenvalue weighted by molar-refractivity contribution is 5.78. The van der Waals surface area contributed by atoms with Gasteiger partial charge in [-0.3, -0.25) is 14.6 Å². The van der Waals surface area contributed by atoms with Crippen molar-refractivity contribution < 1.29 is 4.79 Å². The van der Waals surface area contributed by atoms with Gasteiger partial charge in [0, 0.05) is 70.4 Å². The zero-order valence-electron chi connectivity index (χ0n) is 19.9. The van der Waals surface area contributed by atoms with E-state index >= 15 is 0 Å². The Labute approximate surface area is 185 Å². The molecule has 1 amide bonds. The first-order chi connectivity index (χ1) is 14.7. The van der Waals surface area contributed by atoms with Crippen molar-refractivity contribution in [3.05, 3.63) is 0 Å². The van der Waals surface area contributed by atoms with E-state index in [1.54, 1.807) is 0 Å². The van der Waals surface area contributed by atoms with Crippen molar-refractivity contribution in [2.45, 2.75) is 96.6 Å². The summed E-state index contributed by atoms with van der Waals surface area (Å²) in [5.41, 5.74) is 0. The van der Waals surface area contributed by atoms with Gasteiger partial charge >= 0.3 is 0 Å². The average molecular weight is 421 g/mol. The van der Waals surface area contributed by atoms with Gasteiger partial charge < -0.3 is 10.2 Å². The Kier molecular flexibility index (Phi) is 10.4. The largest absolute Gasteiger partial charge is 0.340 e. The van der Waals surface area contributed by atoms with Crippen LogP contribution in [0.15, 0.2) is 0 Å². The predicted molar refractivity (Wildman–Crippen MR) is 126 cm³/mol. The maximum atomic E-state index is 12.1. The molecular formula is C25H48N4O. The molecule has 0 bridgehead atoms. The van der Waals surface area contributed by atoms with E-state index < -0.39 is 0 Å². The number of piperazine rings is 2. The van der Waals surface area contributed by atoms with Crippen LogP contribution >= 0.6 is 0 Å². The van der Waals surface area contributed by atoms with Crippen molar-refractivity contribution in [2.75, 3.05) is 52.4 Å². The van der Waals surface area contributed by atoms with E-state index in [4.69, 9.17) is 0 Å². The molecule has 5 heteroatoms. The van der Waals surface area contributed by atoms with Gasteiger partial charge in [0.05, 0.1) is 0 Å². The molecule has 2 saturated heterocycles. The third-order valence-corrected chi connectivity index (χ3v) is 7.99. The third-order valence-electron chi connectivity index (χ3n) is 7.99. The van der Waals surface area contributed by atoms with Gasteiger partial charge in [0.25, 0.3) is 0 Å². The van der Waals surface area contributed by atoms with Crippen LogP contribution in [0.5, 0.6) is 0 Å². The average Bonchev–Trinajstić information content (AvgIpc) is 2.85. The van der Waals surface area contributed by atoms with Crippen LogP contribution in [0.4, 0.5) is 0 Å². The number of rotatable bonds is 4. The lowest BCUT2D eigenvalue weighted by atomic mass is 9.93. The van der Waals surface area contributed by atoms with Crippen molar-refractivity contribution in [3.8, 4) is 0 Å².